The summed E-state index contributed by atoms with van der Waals surface area (Å²) in [5, 5.41) is 30.0. The summed E-state index contributed by atoms with van der Waals surface area (Å²) in [5.41, 5.74) is 7.79. The molecule has 1 unspecified atom stereocenters. The van der Waals surface area contributed by atoms with Crippen molar-refractivity contribution in [3.05, 3.63) is 11.1 Å². The van der Waals surface area contributed by atoms with Gasteiger partial charge in [0.1, 0.15) is 6.61 Å². The molecule has 0 bridgehead atoms. The lowest BCUT2D eigenvalue weighted by atomic mass is 9.88. The molecule has 3 saturated heterocycles. The first kappa shape index (κ1) is 32.4. The summed E-state index contributed by atoms with van der Waals surface area (Å²) in [7, 11) is 0. The zero-order chi connectivity index (χ0) is 27.9. The zero-order valence-corrected chi connectivity index (χ0v) is 24.3. The van der Waals surface area contributed by atoms with Crippen LogP contribution >= 0.6 is 0 Å². The van der Waals surface area contributed by atoms with Crippen LogP contribution in [-0.4, -0.2) is 155 Å². The quantitative estimate of drug-likeness (QED) is 0.0975. The van der Waals surface area contributed by atoms with E-state index in [-0.39, 0.29) is 31.8 Å². The summed E-state index contributed by atoms with van der Waals surface area (Å²) in [6, 6.07) is -0.222. The van der Waals surface area contributed by atoms with Crippen LogP contribution in [0.4, 0.5) is 0 Å². The average Bonchev–Trinajstić information content (AvgIpc) is 3.00. The van der Waals surface area contributed by atoms with E-state index >= 15 is 0 Å². The molecule has 39 heavy (non-hydrogen) atoms. The molecule has 0 amide bonds. The third-order valence-electron chi connectivity index (χ3n) is 8.77. The van der Waals surface area contributed by atoms with Gasteiger partial charge in [0.2, 0.25) is 0 Å². The van der Waals surface area contributed by atoms with E-state index in [1.807, 2.05) is 6.92 Å². The number of carbonyl (C=O) groups excluding carboxylic acids is 1. The van der Waals surface area contributed by atoms with Gasteiger partial charge in [-0.25, -0.2) is 4.79 Å². The molecule has 11 heteroatoms. The Morgan fingerprint density at radius 2 is 1.28 bits per heavy atom. The highest BCUT2D eigenvalue weighted by Crippen LogP contribution is 2.25. The lowest BCUT2D eigenvalue weighted by Crippen LogP contribution is -2.46. The van der Waals surface area contributed by atoms with Gasteiger partial charge in [0.05, 0.1) is 18.6 Å². The largest absolute Gasteiger partial charge is 0.462 e. The average molecular weight is 554 g/mol. The van der Waals surface area contributed by atoms with Gasteiger partial charge in [-0.3, -0.25) is 0 Å². The van der Waals surface area contributed by atoms with Gasteiger partial charge in [0.25, 0.3) is 0 Å². The number of hydrogen-bond acceptors (Lipinski definition) is 11. The van der Waals surface area contributed by atoms with Crippen LogP contribution in [0.5, 0.6) is 0 Å². The number of aliphatic hydroxyl groups is 2. The number of rotatable bonds is 16. The second-order valence-corrected chi connectivity index (χ2v) is 11.4. The Hall–Kier alpha value is -1.15. The first-order valence-corrected chi connectivity index (χ1v) is 15.2. The van der Waals surface area contributed by atoms with Gasteiger partial charge in [0, 0.05) is 110 Å². The van der Waals surface area contributed by atoms with Crippen molar-refractivity contribution in [2.45, 2.75) is 38.6 Å². The van der Waals surface area contributed by atoms with Crippen LogP contribution < -0.4 is 21.7 Å². The number of ether oxygens (including phenoxy) is 1. The van der Waals surface area contributed by atoms with Crippen molar-refractivity contribution in [1.29, 1.82) is 0 Å². The number of nitrogens with one attached hydrogen (secondary N) is 3. The maximum absolute atomic E-state index is 13.7. The SMILES string of the molecule is CCC(CO)(CO)COC(=O)/C(CCN1CCNCC1)=C(\CCN1CCNCC1)C(N)CCN1CCNCC1. The van der Waals surface area contributed by atoms with Gasteiger partial charge in [-0.15, -0.1) is 0 Å². The number of piperazine rings is 3. The number of aliphatic hydroxyl groups excluding tert-OH is 2. The van der Waals surface area contributed by atoms with Crippen molar-refractivity contribution in [2.75, 3.05) is 118 Å². The molecule has 0 spiro atoms. The number of nitrogens with zero attached hydrogens (tertiary/aromatic N) is 3. The Morgan fingerprint density at radius 1 is 0.821 bits per heavy atom. The predicted octanol–water partition coefficient (Wildman–Crippen LogP) is -1.58. The summed E-state index contributed by atoms with van der Waals surface area (Å²) < 4.78 is 5.85. The third kappa shape index (κ3) is 10.6. The van der Waals surface area contributed by atoms with Crippen molar-refractivity contribution in [3.8, 4) is 0 Å². The van der Waals surface area contributed by atoms with Crippen molar-refractivity contribution in [2.24, 2.45) is 11.1 Å². The summed E-state index contributed by atoms with van der Waals surface area (Å²) in [6.45, 7) is 15.8. The zero-order valence-electron chi connectivity index (χ0n) is 24.3. The Kier molecular flexibility index (Phi) is 14.6. The number of esters is 1. The summed E-state index contributed by atoms with van der Waals surface area (Å²) in [4.78, 5) is 21.0. The van der Waals surface area contributed by atoms with Gasteiger partial charge in [-0.2, -0.15) is 0 Å². The molecule has 0 aliphatic carbocycles. The van der Waals surface area contributed by atoms with Crippen LogP contribution in [0.25, 0.3) is 0 Å². The van der Waals surface area contributed by atoms with Crippen LogP contribution in [0.1, 0.15) is 32.6 Å². The number of hydrogen-bond donors (Lipinski definition) is 6. The van der Waals surface area contributed by atoms with E-state index in [0.29, 0.717) is 18.4 Å². The molecule has 3 rings (SSSR count). The van der Waals surface area contributed by atoms with E-state index in [2.05, 4.69) is 30.7 Å². The Balaban J connectivity index is 1.80. The maximum atomic E-state index is 13.7. The molecule has 0 saturated carbocycles. The molecule has 226 valence electrons. The smallest absolute Gasteiger partial charge is 0.334 e. The van der Waals surface area contributed by atoms with Gasteiger partial charge in [0.15, 0.2) is 0 Å². The molecule has 11 nitrogen and oxygen atoms in total. The normalized spacial score (nSPS) is 21.9. The van der Waals surface area contributed by atoms with Crippen molar-refractivity contribution >= 4 is 5.97 Å². The first-order chi connectivity index (χ1) is 19.0. The Labute approximate surface area is 235 Å². The van der Waals surface area contributed by atoms with Crippen LogP contribution in [0.15, 0.2) is 11.1 Å². The summed E-state index contributed by atoms with van der Waals surface area (Å²) in [5.74, 6) is -0.349. The molecule has 3 heterocycles. The Morgan fingerprint density at radius 3 is 1.74 bits per heavy atom. The molecule has 0 aromatic heterocycles. The fourth-order valence-electron chi connectivity index (χ4n) is 5.58. The van der Waals surface area contributed by atoms with Crippen molar-refractivity contribution in [3.63, 3.8) is 0 Å². The molecule has 3 aliphatic rings. The van der Waals surface area contributed by atoms with Gasteiger partial charge < -0.3 is 51.3 Å². The summed E-state index contributed by atoms with van der Waals surface area (Å²) >= 11 is 0. The minimum Gasteiger partial charge on any atom is -0.462 e. The highest BCUT2D eigenvalue weighted by Gasteiger charge is 2.31. The number of nitrogens with two attached hydrogens (primary N) is 1. The van der Waals surface area contributed by atoms with Gasteiger partial charge in [-0.1, -0.05) is 6.92 Å². The minimum atomic E-state index is -0.829. The van der Waals surface area contributed by atoms with Crippen LogP contribution in [-0.2, 0) is 9.53 Å². The standard InChI is InChI=1S/C28H55N7O4/c1-2-28(21-36,22-37)23-39-27(38)25(4-13-34-17-8-31-9-18-34)24(3-12-33-15-6-30-7-16-33)26(29)5-14-35-19-10-32-11-20-35/h26,30-32,36-37H,2-23,29H2,1H3/b25-24+. The molecular formula is C28H55N7O4. The van der Waals surface area contributed by atoms with E-state index in [0.717, 1.165) is 117 Å². The third-order valence-corrected chi connectivity index (χ3v) is 8.77. The Bertz CT molecular complexity index is 723. The minimum absolute atomic E-state index is 0.00639. The van der Waals surface area contributed by atoms with E-state index in [1.54, 1.807) is 0 Å². The lowest BCUT2D eigenvalue weighted by Gasteiger charge is -2.32. The molecule has 0 radical (unpaired) electrons. The van der Waals surface area contributed by atoms with Gasteiger partial charge in [-0.05, 0) is 31.3 Å². The van der Waals surface area contributed by atoms with Crippen LogP contribution in [0, 0.1) is 5.41 Å². The van der Waals surface area contributed by atoms with Crippen LogP contribution in [0.3, 0.4) is 0 Å². The molecule has 1 atom stereocenters. The van der Waals surface area contributed by atoms with E-state index in [9.17, 15) is 15.0 Å². The van der Waals surface area contributed by atoms with E-state index in [4.69, 9.17) is 10.5 Å². The van der Waals surface area contributed by atoms with Crippen LogP contribution in [0.2, 0.25) is 0 Å². The van der Waals surface area contributed by atoms with Gasteiger partial charge >= 0.3 is 5.97 Å². The number of carbonyl (C=O) groups is 1. The van der Waals surface area contributed by atoms with Crippen molar-refractivity contribution in [1.82, 2.24) is 30.7 Å². The lowest BCUT2D eigenvalue weighted by molar-refractivity contribution is -0.145. The highest BCUT2D eigenvalue weighted by atomic mass is 16.5. The fourth-order valence-corrected chi connectivity index (χ4v) is 5.58. The fraction of sp³-hybridized carbons (Fsp3) is 0.893. The topological polar surface area (TPSA) is 139 Å². The highest BCUT2D eigenvalue weighted by molar-refractivity contribution is 5.89. The van der Waals surface area contributed by atoms with E-state index < -0.39 is 5.41 Å². The molecule has 0 aromatic rings. The van der Waals surface area contributed by atoms with Crippen molar-refractivity contribution < 1.29 is 19.7 Å². The molecular weight excluding hydrogens is 498 g/mol. The second-order valence-electron chi connectivity index (χ2n) is 11.4. The second kappa shape index (κ2) is 17.6. The summed E-state index contributed by atoms with van der Waals surface area (Å²) in [6.07, 6.45) is 2.66. The molecule has 0 aromatic carbocycles. The predicted molar refractivity (Wildman–Crippen MR) is 155 cm³/mol. The first-order valence-electron chi connectivity index (χ1n) is 15.2. The molecule has 3 fully saturated rings. The molecule has 7 N–H and O–H groups in total. The van der Waals surface area contributed by atoms with E-state index in [1.165, 1.54) is 0 Å². The monoisotopic (exact) mass is 553 g/mol. The maximum Gasteiger partial charge on any atom is 0.334 e. The molecule has 3 aliphatic heterocycles.